The molecule has 5 heteroatoms. The quantitative estimate of drug-likeness (QED) is 0.803. The molecule has 0 heterocycles. The first-order chi connectivity index (χ1) is 6.88. The molecule has 2 N–H and O–H groups in total. The van der Waals surface area contributed by atoms with Gasteiger partial charge in [-0.15, -0.1) is 0 Å². The summed E-state index contributed by atoms with van der Waals surface area (Å²) in [5.74, 6) is -1.32. The number of phenolic OH excluding ortho intramolecular Hbond substituents is 1. The number of phenols is 1. The van der Waals surface area contributed by atoms with Gasteiger partial charge in [0, 0.05) is 12.5 Å². The average molecular weight is 220 g/mol. The molecule has 0 aliphatic carbocycles. The molecule has 0 aliphatic heterocycles. The van der Waals surface area contributed by atoms with Gasteiger partial charge in [0.15, 0.2) is 0 Å². The fourth-order valence-corrected chi connectivity index (χ4v) is 1.29. The fourth-order valence-electron chi connectivity index (χ4n) is 1.29. The van der Waals surface area contributed by atoms with Gasteiger partial charge in [-0.2, -0.15) is 13.2 Å². The Balaban J connectivity index is 3.23. The number of rotatable bonds is 2. The SMILES string of the molecule is CC(CO)c1cccc(C(F)(F)F)c1O. The lowest BCUT2D eigenvalue weighted by atomic mass is 9.98. The molecule has 0 radical (unpaired) electrons. The third kappa shape index (κ3) is 2.41. The number of alkyl halides is 3. The summed E-state index contributed by atoms with van der Waals surface area (Å²) in [6, 6.07) is 3.39. The summed E-state index contributed by atoms with van der Waals surface area (Å²) >= 11 is 0. The molecule has 0 aliphatic rings. The predicted molar refractivity (Wildman–Crippen MR) is 48.6 cm³/mol. The smallest absolute Gasteiger partial charge is 0.419 e. The lowest BCUT2D eigenvalue weighted by Crippen LogP contribution is -2.08. The first-order valence-corrected chi connectivity index (χ1v) is 4.38. The zero-order valence-corrected chi connectivity index (χ0v) is 8.04. The molecule has 1 aromatic rings. The van der Waals surface area contributed by atoms with Crippen LogP contribution in [0.4, 0.5) is 13.2 Å². The van der Waals surface area contributed by atoms with E-state index in [9.17, 15) is 18.3 Å². The summed E-state index contributed by atoms with van der Waals surface area (Å²) < 4.78 is 37.1. The van der Waals surface area contributed by atoms with E-state index in [1.165, 1.54) is 19.1 Å². The van der Waals surface area contributed by atoms with Gasteiger partial charge in [-0.05, 0) is 11.6 Å². The molecule has 15 heavy (non-hydrogen) atoms. The lowest BCUT2D eigenvalue weighted by molar-refractivity contribution is -0.138. The van der Waals surface area contributed by atoms with Crippen molar-refractivity contribution in [3.63, 3.8) is 0 Å². The molecule has 0 bridgehead atoms. The zero-order valence-electron chi connectivity index (χ0n) is 8.04. The topological polar surface area (TPSA) is 40.5 Å². The number of aliphatic hydroxyl groups is 1. The van der Waals surface area contributed by atoms with E-state index in [2.05, 4.69) is 0 Å². The first kappa shape index (κ1) is 11.8. The van der Waals surface area contributed by atoms with Crippen LogP contribution in [0, 0.1) is 0 Å². The van der Waals surface area contributed by atoms with Crippen LogP contribution >= 0.6 is 0 Å². The molecule has 2 nitrogen and oxygen atoms in total. The summed E-state index contributed by atoms with van der Waals surface area (Å²) in [5.41, 5.74) is -0.965. The normalized spacial score (nSPS) is 13.9. The minimum absolute atomic E-state index is 0.104. The van der Waals surface area contributed by atoms with Gasteiger partial charge < -0.3 is 10.2 Å². The average Bonchev–Trinajstić information content (AvgIpc) is 2.15. The van der Waals surface area contributed by atoms with E-state index in [0.29, 0.717) is 0 Å². The van der Waals surface area contributed by atoms with Crippen LogP contribution in [-0.2, 0) is 6.18 Å². The maximum absolute atomic E-state index is 12.4. The van der Waals surface area contributed by atoms with Crippen molar-refractivity contribution in [2.45, 2.75) is 19.0 Å². The molecule has 0 aromatic heterocycles. The molecular formula is C10H11F3O2. The third-order valence-corrected chi connectivity index (χ3v) is 2.18. The van der Waals surface area contributed by atoms with Crippen LogP contribution in [0.25, 0.3) is 0 Å². The monoisotopic (exact) mass is 220 g/mol. The maximum Gasteiger partial charge on any atom is 0.419 e. The van der Waals surface area contributed by atoms with E-state index < -0.39 is 23.4 Å². The van der Waals surface area contributed by atoms with Gasteiger partial charge in [0.2, 0.25) is 0 Å². The minimum Gasteiger partial charge on any atom is -0.507 e. The molecule has 0 saturated heterocycles. The van der Waals surface area contributed by atoms with Gasteiger partial charge in [0.25, 0.3) is 0 Å². The van der Waals surface area contributed by atoms with Crippen molar-refractivity contribution in [1.82, 2.24) is 0 Å². The summed E-state index contributed by atoms with van der Waals surface area (Å²) in [5, 5.41) is 18.2. The van der Waals surface area contributed by atoms with Gasteiger partial charge in [-0.25, -0.2) is 0 Å². The molecule has 0 fully saturated rings. The van der Waals surface area contributed by atoms with Gasteiger partial charge in [-0.3, -0.25) is 0 Å². The highest BCUT2D eigenvalue weighted by atomic mass is 19.4. The van der Waals surface area contributed by atoms with E-state index in [4.69, 9.17) is 5.11 Å². The molecule has 1 aromatic carbocycles. The first-order valence-electron chi connectivity index (χ1n) is 4.38. The van der Waals surface area contributed by atoms with Crippen molar-refractivity contribution in [3.8, 4) is 5.75 Å². The van der Waals surface area contributed by atoms with Crippen molar-refractivity contribution in [2.24, 2.45) is 0 Å². The number of halogens is 3. The fraction of sp³-hybridized carbons (Fsp3) is 0.400. The van der Waals surface area contributed by atoms with E-state index in [0.717, 1.165) is 6.07 Å². The van der Waals surface area contributed by atoms with Crippen molar-refractivity contribution >= 4 is 0 Å². The number of aromatic hydroxyl groups is 1. The molecule has 1 atom stereocenters. The van der Waals surface area contributed by atoms with E-state index >= 15 is 0 Å². The molecule has 1 unspecified atom stereocenters. The second-order valence-corrected chi connectivity index (χ2v) is 3.32. The van der Waals surface area contributed by atoms with Crippen molar-refractivity contribution in [1.29, 1.82) is 0 Å². The Hall–Kier alpha value is -1.23. The highest BCUT2D eigenvalue weighted by Gasteiger charge is 2.34. The molecular weight excluding hydrogens is 209 g/mol. The number of hydrogen-bond donors (Lipinski definition) is 2. The van der Waals surface area contributed by atoms with E-state index in [1.807, 2.05) is 0 Å². The number of aliphatic hydroxyl groups excluding tert-OH is 1. The minimum atomic E-state index is -4.57. The number of para-hydroxylation sites is 1. The van der Waals surface area contributed by atoms with Crippen LogP contribution in [-0.4, -0.2) is 16.8 Å². The van der Waals surface area contributed by atoms with Crippen molar-refractivity contribution < 1.29 is 23.4 Å². The molecule has 0 amide bonds. The second-order valence-electron chi connectivity index (χ2n) is 3.32. The Morgan fingerprint density at radius 2 is 1.93 bits per heavy atom. The molecule has 0 spiro atoms. The highest BCUT2D eigenvalue weighted by molar-refractivity contribution is 5.43. The van der Waals surface area contributed by atoms with Crippen LogP contribution in [0.3, 0.4) is 0 Å². The lowest BCUT2D eigenvalue weighted by Gasteiger charge is -2.15. The van der Waals surface area contributed by atoms with Crippen molar-refractivity contribution in [3.05, 3.63) is 29.3 Å². The van der Waals surface area contributed by atoms with Crippen LogP contribution < -0.4 is 0 Å². The second kappa shape index (κ2) is 4.10. The van der Waals surface area contributed by atoms with Gasteiger partial charge in [0.1, 0.15) is 5.75 Å². The molecule has 84 valence electrons. The van der Waals surface area contributed by atoms with E-state index in [-0.39, 0.29) is 12.2 Å². The third-order valence-electron chi connectivity index (χ3n) is 2.18. The Bertz CT molecular complexity index is 347. The van der Waals surface area contributed by atoms with Crippen LogP contribution in [0.1, 0.15) is 24.0 Å². The summed E-state index contributed by atoms with van der Waals surface area (Å²) in [4.78, 5) is 0. The maximum atomic E-state index is 12.4. The van der Waals surface area contributed by atoms with Crippen LogP contribution in [0.2, 0.25) is 0 Å². The Kier molecular flexibility index (Phi) is 3.24. The summed E-state index contributed by atoms with van der Waals surface area (Å²) in [7, 11) is 0. The zero-order chi connectivity index (χ0) is 11.6. The molecule has 1 rings (SSSR count). The predicted octanol–water partition coefficient (Wildman–Crippen LogP) is 2.51. The standard InChI is InChI=1S/C10H11F3O2/c1-6(5-14)7-3-2-4-8(9(7)15)10(11,12)13/h2-4,6,14-15H,5H2,1H3. The van der Waals surface area contributed by atoms with Gasteiger partial charge >= 0.3 is 6.18 Å². The van der Waals surface area contributed by atoms with Gasteiger partial charge in [0.05, 0.1) is 5.56 Å². The Labute approximate surface area is 85.0 Å². The Morgan fingerprint density at radius 1 is 1.33 bits per heavy atom. The van der Waals surface area contributed by atoms with Crippen LogP contribution in [0.15, 0.2) is 18.2 Å². The van der Waals surface area contributed by atoms with Crippen molar-refractivity contribution in [2.75, 3.05) is 6.61 Å². The van der Waals surface area contributed by atoms with Gasteiger partial charge in [-0.1, -0.05) is 19.1 Å². The number of benzene rings is 1. The van der Waals surface area contributed by atoms with Crippen LogP contribution in [0.5, 0.6) is 5.75 Å². The Morgan fingerprint density at radius 3 is 2.40 bits per heavy atom. The summed E-state index contributed by atoms with van der Waals surface area (Å²) in [6.45, 7) is 1.23. The number of hydrogen-bond acceptors (Lipinski definition) is 2. The summed E-state index contributed by atoms with van der Waals surface area (Å²) in [6.07, 6.45) is -4.57. The largest absolute Gasteiger partial charge is 0.507 e. The molecule has 0 saturated carbocycles. The highest BCUT2D eigenvalue weighted by Crippen LogP contribution is 2.39. The van der Waals surface area contributed by atoms with E-state index in [1.54, 1.807) is 0 Å².